The molecule has 1 saturated heterocycles. The maximum absolute atomic E-state index is 11.5. The van der Waals surface area contributed by atoms with Gasteiger partial charge in [-0.25, -0.2) is 0 Å². The fourth-order valence-electron chi connectivity index (χ4n) is 2.12. The van der Waals surface area contributed by atoms with Crippen molar-refractivity contribution in [2.45, 2.75) is 33.1 Å². The normalized spacial score (nSPS) is 23.7. The summed E-state index contributed by atoms with van der Waals surface area (Å²) in [5.74, 6) is 1.81. The topological polar surface area (TPSA) is 20.3 Å². The van der Waals surface area contributed by atoms with Crippen molar-refractivity contribution in [1.82, 2.24) is 4.90 Å². The van der Waals surface area contributed by atoms with Crippen molar-refractivity contribution in [3.63, 3.8) is 0 Å². The molecule has 82 valence electrons. The molecule has 1 aliphatic heterocycles. The largest absolute Gasteiger partial charge is 0.342 e. The Hall–Kier alpha value is -0.0500. The van der Waals surface area contributed by atoms with Crippen LogP contribution in [0.2, 0.25) is 0 Å². The molecule has 1 rings (SSSR count). The lowest BCUT2D eigenvalue weighted by Gasteiger charge is -2.20. The first-order valence-electron chi connectivity index (χ1n) is 5.49. The summed E-state index contributed by atoms with van der Waals surface area (Å²) in [5, 5.41) is 0.472. The number of rotatable bonds is 2. The van der Waals surface area contributed by atoms with Crippen molar-refractivity contribution in [1.29, 1.82) is 0 Å². The quantitative estimate of drug-likeness (QED) is 0.701. The van der Waals surface area contributed by atoms with E-state index in [2.05, 4.69) is 29.8 Å². The first-order chi connectivity index (χ1) is 6.65. The van der Waals surface area contributed by atoms with E-state index in [9.17, 15) is 4.79 Å². The van der Waals surface area contributed by atoms with Crippen molar-refractivity contribution < 1.29 is 4.79 Å². The van der Waals surface area contributed by atoms with Gasteiger partial charge in [-0.3, -0.25) is 4.79 Å². The third kappa shape index (κ3) is 3.26. The molecule has 0 N–H and O–H groups in total. The average Bonchev–Trinajstić information content (AvgIpc) is 2.41. The second-order valence-corrected chi connectivity index (χ2v) is 5.01. The van der Waals surface area contributed by atoms with Crippen LogP contribution in [0.4, 0.5) is 0 Å². The lowest BCUT2D eigenvalue weighted by molar-refractivity contribution is -0.128. The van der Waals surface area contributed by atoms with E-state index in [1.165, 1.54) is 19.3 Å². The second kappa shape index (κ2) is 5.74. The molecule has 14 heavy (non-hydrogen) atoms. The van der Waals surface area contributed by atoms with Gasteiger partial charge in [-0.15, -0.1) is 0 Å². The number of alkyl halides is 1. The summed E-state index contributed by atoms with van der Waals surface area (Å²) in [4.78, 5) is 13.5. The predicted octanol–water partition coefficient (Wildman–Crippen LogP) is 2.67. The highest BCUT2D eigenvalue weighted by atomic mass is 79.9. The maximum Gasteiger partial charge on any atom is 0.233 e. The minimum Gasteiger partial charge on any atom is -0.342 e. The van der Waals surface area contributed by atoms with Gasteiger partial charge in [0.1, 0.15) is 0 Å². The molecule has 1 atom stereocenters. The predicted molar refractivity (Wildman–Crippen MR) is 62.6 cm³/mol. The van der Waals surface area contributed by atoms with Gasteiger partial charge in [0.05, 0.1) is 5.33 Å². The van der Waals surface area contributed by atoms with E-state index in [4.69, 9.17) is 0 Å². The van der Waals surface area contributed by atoms with Crippen LogP contribution in [0.15, 0.2) is 0 Å². The molecule has 1 amide bonds. The Morgan fingerprint density at radius 3 is 2.71 bits per heavy atom. The number of likely N-dealkylation sites (tertiary alicyclic amines) is 1. The van der Waals surface area contributed by atoms with E-state index in [1.54, 1.807) is 0 Å². The molecule has 1 heterocycles. The summed E-state index contributed by atoms with van der Waals surface area (Å²) in [6, 6.07) is 0. The number of nitrogens with zero attached hydrogens (tertiary/aromatic N) is 1. The second-order valence-electron chi connectivity index (χ2n) is 4.45. The Morgan fingerprint density at radius 2 is 2.14 bits per heavy atom. The first kappa shape index (κ1) is 12.0. The van der Waals surface area contributed by atoms with Crippen molar-refractivity contribution in [2.75, 3.05) is 18.4 Å². The van der Waals surface area contributed by atoms with Gasteiger partial charge in [0.25, 0.3) is 0 Å². The Labute approximate surface area is 95.2 Å². The number of halogens is 1. The van der Waals surface area contributed by atoms with Crippen LogP contribution >= 0.6 is 15.9 Å². The lowest BCUT2D eigenvalue weighted by Crippen LogP contribution is -2.32. The zero-order valence-corrected chi connectivity index (χ0v) is 10.7. The van der Waals surface area contributed by atoms with Crippen molar-refractivity contribution >= 4 is 21.8 Å². The number of hydrogen-bond acceptors (Lipinski definition) is 1. The fourth-order valence-corrected chi connectivity index (χ4v) is 2.48. The third-order valence-corrected chi connectivity index (χ3v) is 3.66. The zero-order chi connectivity index (χ0) is 10.6. The molecule has 0 aromatic carbocycles. The molecule has 0 spiro atoms. The van der Waals surface area contributed by atoms with Crippen LogP contribution in [-0.2, 0) is 4.79 Å². The van der Waals surface area contributed by atoms with Crippen LogP contribution in [0.3, 0.4) is 0 Å². The van der Waals surface area contributed by atoms with Crippen LogP contribution in [0.25, 0.3) is 0 Å². The van der Waals surface area contributed by atoms with E-state index < -0.39 is 0 Å². The zero-order valence-electron chi connectivity index (χ0n) is 9.13. The molecule has 0 aliphatic carbocycles. The molecule has 1 aliphatic rings. The summed E-state index contributed by atoms with van der Waals surface area (Å²) < 4.78 is 0. The van der Waals surface area contributed by atoms with E-state index in [0.29, 0.717) is 5.33 Å². The van der Waals surface area contributed by atoms with Crippen molar-refractivity contribution in [2.24, 2.45) is 11.8 Å². The Kier molecular flexibility index (Phi) is 4.93. The molecule has 0 aromatic heterocycles. The van der Waals surface area contributed by atoms with E-state index in [0.717, 1.165) is 24.9 Å². The SMILES string of the molecule is CC(C)C1CCCN(C(=O)CBr)CC1. The summed E-state index contributed by atoms with van der Waals surface area (Å²) >= 11 is 3.23. The van der Waals surface area contributed by atoms with Crippen LogP contribution in [0, 0.1) is 11.8 Å². The van der Waals surface area contributed by atoms with Gasteiger partial charge >= 0.3 is 0 Å². The third-order valence-electron chi connectivity index (χ3n) is 3.18. The van der Waals surface area contributed by atoms with Crippen LogP contribution < -0.4 is 0 Å². The Morgan fingerprint density at radius 1 is 1.43 bits per heavy atom. The van der Waals surface area contributed by atoms with Gasteiger partial charge in [0.15, 0.2) is 0 Å². The first-order valence-corrected chi connectivity index (χ1v) is 6.61. The molecule has 2 nitrogen and oxygen atoms in total. The minimum atomic E-state index is 0.245. The molecule has 0 radical (unpaired) electrons. The number of carbonyl (C=O) groups excluding carboxylic acids is 1. The Balaban J connectivity index is 2.44. The lowest BCUT2D eigenvalue weighted by atomic mass is 9.89. The van der Waals surface area contributed by atoms with Gasteiger partial charge in [-0.05, 0) is 31.1 Å². The number of hydrogen-bond donors (Lipinski definition) is 0. The minimum absolute atomic E-state index is 0.245. The molecular formula is C11H20BrNO. The summed E-state index contributed by atoms with van der Waals surface area (Å²) in [6.07, 6.45) is 3.63. The molecule has 3 heteroatoms. The van der Waals surface area contributed by atoms with Gasteiger partial charge in [-0.2, -0.15) is 0 Å². The highest BCUT2D eigenvalue weighted by Gasteiger charge is 2.21. The molecule has 0 saturated carbocycles. The van der Waals surface area contributed by atoms with E-state index in [1.807, 2.05) is 4.90 Å². The average molecular weight is 262 g/mol. The van der Waals surface area contributed by atoms with Gasteiger partial charge in [0.2, 0.25) is 5.91 Å². The molecule has 1 fully saturated rings. The Bertz CT molecular complexity index is 194. The van der Waals surface area contributed by atoms with Crippen molar-refractivity contribution in [3.8, 4) is 0 Å². The van der Waals surface area contributed by atoms with Gasteiger partial charge in [-0.1, -0.05) is 29.8 Å². The fraction of sp³-hybridized carbons (Fsp3) is 0.909. The monoisotopic (exact) mass is 261 g/mol. The molecular weight excluding hydrogens is 242 g/mol. The standard InChI is InChI=1S/C11H20BrNO/c1-9(2)10-4-3-6-13(7-5-10)11(14)8-12/h9-10H,3-8H2,1-2H3. The smallest absolute Gasteiger partial charge is 0.233 e. The molecule has 0 bridgehead atoms. The summed E-state index contributed by atoms with van der Waals surface area (Å²) in [5.41, 5.74) is 0. The number of carbonyl (C=O) groups is 1. The number of amides is 1. The van der Waals surface area contributed by atoms with E-state index >= 15 is 0 Å². The van der Waals surface area contributed by atoms with Crippen LogP contribution in [-0.4, -0.2) is 29.2 Å². The van der Waals surface area contributed by atoms with Gasteiger partial charge < -0.3 is 4.90 Å². The van der Waals surface area contributed by atoms with E-state index in [-0.39, 0.29) is 5.91 Å². The summed E-state index contributed by atoms with van der Waals surface area (Å²) in [6.45, 7) is 6.47. The maximum atomic E-state index is 11.5. The highest BCUT2D eigenvalue weighted by molar-refractivity contribution is 9.09. The van der Waals surface area contributed by atoms with Crippen molar-refractivity contribution in [3.05, 3.63) is 0 Å². The van der Waals surface area contributed by atoms with Crippen LogP contribution in [0.5, 0.6) is 0 Å². The van der Waals surface area contributed by atoms with Crippen LogP contribution in [0.1, 0.15) is 33.1 Å². The van der Waals surface area contributed by atoms with Gasteiger partial charge in [0, 0.05) is 13.1 Å². The highest BCUT2D eigenvalue weighted by Crippen LogP contribution is 2.24. The molecule has 1 unspecified atom stereocenters. The molecule has 0 aromatic rings. The summed E-state index contributed by atoms with van der Waals surface area (Å²) in [7, 11) is 0.